The third kappa shape index (κ3) is 4.14. The Labute approximate surface area is 161 Å². The van der Waals surface area contributed by atoms with E-state index >= 15 is 0 Å². The predicted molar refractivity (Wildman–Crippen MR) is 97.7 cm³/mol. The molecule has 1 atom stereocenters. The average molecular weight is 397 g/mol. The number of halogens is 2. The summed E-state index contributed by atoms with van der Waals surface area (Å²) in [7, 11) is 0. The summed E-state index contributed by atoms with van der Waals surface area (Å²) < 4.78 is 10.8. The number of nitrogens with zero attached hydrogens (tertiary/aromatic N) is 2. The Kier molecular flexibility index (Phi) is 5.74. The lowest BCUT2D eigenvalue weighted by molar-refractivity contribution is -0.139. The highest BCUT2D eigenvalue weighted by molar-refractivity contribution is 6.35. The lowest BCUT2D eigenvalue weighted by atomic mass is 10.2. The first-order valence-electron chi connectivity index (χ1n) is 8.19. The van der Waals surface area contributed by atoms with Crippen molar-refractivity contribution < 1.29 is 18.7 Å². The molecule has 1 aromatic carbocycles. The van der Waals surface area contributed by atoms with Crippen molar-refractivity contribution in [1.29, 1.82) is 0 Å². The summed E-state index contributed by atoms with van der Waals surface area (Å²) in [6, 6.07) is 8.15. The van der Waals surface area contributed by atoms with Gasteiger partial charge in [0.2, 0.25) is 0 Å². The van der Waals surface area contributed by atoms with Crippen LogP contribution in [0.15, 0.2) is 41.0 Å². The van der Waals surface area contributed by atoms with Crippen molar-refractivity contribution in [3.05, 3.63) is 52.4 Å². The zero-order chi connectivity index (χ0) is 18.7. The molecule has 0 N–H and O–H groups in total. The fourth-order valence-corrected chi connectivity index (χ4v) is 3.21. The normalized spacial score (nSPS) is 15.7. The van der Waals surface area contributed by atoms with Gasteiger partial charge in [-0.1, -0.05) is 23.2 Å². The Hall–Kier alpha value is -2.18. The number of hydrogen-bond donors (Lipinski definition) is 0. The first-order chi connectivity index (χ1) is 12.5. The highest BCUT2D eigenvalue weighted by atomic mass is 35.5. The molecule has 1 unspecified atom stereocenters. The molecule has 0 radical (unpaired) electrons. The van der Waals surface area contributed by atoms with Crippen LogP contribution in [0.1, 0.15) is 17.5 Å². The SMILES string of the molecule is CC(Oc1ccc(Cl)cc1Cl)C(=O)N1CCN(C(=O)c2ccco2)CC1. The Morgan fingerprint density at radius 3 is 2.42 bits per heavy atom. The van der Waals surface area contributed by atoms with Crippen molar-refractivity contribution in [2.24, 2.45) is 0 Å². The number of ether oxygens (including phenoxy) is 1. The van der Waals surface area contributed by atoms with Crippen LogP contribution in [0.3, 0.4) is 0 Å². The summed E-state index contributed by atoms with van der Waals surface area (Å²) in [4.78, 5) is 28.2. The molecular formula is C18H18Cl2N2O4. The van der Waals surface area contributed by atoms with E-state index in [2.05, 4.69) is 0 Å². The Bertz CT molecular complexity index is 786. The van der Waals surface area contributed by atoms with Gasteiger partial charge in [-0.3, -0.25) is 9.59 Å². The number of amides is 2. The molecule has 0 saturated carbocycles. The Morgan fingerprint density at radius 2 is 1.81 bits per heavy atom. The minimum Gasteiger partial charge on any atom is -0.479 e. The number of piperazine rings is 1. The summed E-state index contributed by atoms with van der Waals surface area (Å²) in [5.41, 5.74) is 0. The van der Waals surface area contributed by atoms with Crippen molar-refractivity contribution in [3.63, 3.8) is 0 Å². The van der Waals surface area contributed by atoms with Crippen molar-refractivity contribution in [2.45, 2.75) is 13.0 Å². The van der Waals surface area contributed by atoms with E-state index in [-0.39, 0.29) is 11.8 Å². The highest BCUT2D eigenvalue weighted by Gasteiger charge is 2.29. The molecule has 0 aliphatic carbocycles. The largest absolute Gasteiger partial charge is 0.479 e. The van der Waals surface area contributed by atoms with Crippen molar-refractivity contribution >= 4 is 35.0 Å². The molecule has 1 aliphatic heterocycles. The molecular weight excluding hydrogens is 379 g/mol. The van der Waals surface area contributed by atoms with Gasteiger partial charge in [-0.2, -0.15) is 0 Å². The van der Waals surface area contributed by atoms with Crippen LogP contribution in [0.5, 0.6) is 5.75 Å². The third-order valence-electron chi connectivity index (χ3n) is 4.16. The number of furan rings is 1. The number of benzene rings is 1. The van der Waals surface area contributed by atoms with Crippen LogP contribution in [-0.4, -0.2) is 53.9 Å². The standard InChI is InChI=1S/C18H18Cl2N2O4/c1-12(26-15-5-4-13(19)11-14(15)20)17(23)21-6-8-22(9-7-21)18(24)16-3-2-10-25-16/h2-5,10-12H,6-9H2,1H3. The molecule has 1 aliphatic rings. The smallest absolute Gasteiger partial charge is 0.289 e. The van der Waals surface area contributed by atoms with E-state index in [0.717, 1.165) is 0 Å². The highest BCUT2D eigenvalue weighted by Crippen LogP contribution is 2.28. The van der Waals surface area contributed by atoms with Gasteiger partial charge in [0.25, 0.3) is 11.8 Å². The lowest BCUT2D eigenvalue weighted by Crippen LogP contribution is -2.53. The first kappa shape index (κ1) is 18.6. The van der Waals surface area contributed by atoms with Crippen LogP contribution in [0, 0.1) is 0 Å². The topological polar surface area (TPSA) is 63.0 Å². The minimum atomic E-state index is -0.694. The summed E-state index contributed by atoms with van der Waals surface area (Å²) in [5, 5.41) is 0.852. The summed E-state index contributed by atoms with van der Waals surface area (Å²) in [5.74, 6) is 0.392. The van der Waals surface area contributed by atoms with Gasteiger partial charge in [0.15, 0.2) is 11.9 Å². The molecule has 1 fully saturated rings. The number of carbonyl (C=O) groups is 2. The maximum Gasteiger partial charge on any atom is 0.289 e. The molecule has 0 spiro atoms. The second-order valence-electron chi connectivity index (χ2n) is 5.93. The fraction of sp³-hybridized carbons (Fsp3) is 0.333. The first-order valence-corrected chi connectivity index (χ1v) is 8.94. The van der Waals surface area contributed by atoms with Gasteiger partial charge in [-0.15, -0.1) is 0 Å². The van der Waals surface area contributed by atoms with Crippen LogP contribution < -0.4 is 4.74 Å². The van der Waals surface area contributed by atoms with E-state index in [1.54, 1.807) is 47.1 Å². The van der Waals surface area contributed by atoms with Crippen molar-refractivity contribution in [3.8, 4) is 5.75 Å². The van der Waals surface area contributed by atoms with E-state index in [1.165, 1.54) is 6.26 Å². The quantitative estimate of drug-likeness (QED) is 0.794. The van der Waals surface area contributed by atoms with Gasteiger partial charge in [0.1, 0.15) is 5.75 Å². The van der Waals surface area contributed by atoms with Crippen LogP contribution in [0.4, 0.5) is 0 Å². The van der Waals surface area contributed by atoms with Gasteiger partial charge in [-0.05, 0) is 37.3 Å². The van der Waals surface area contributed by atoms with Crippen LogP contribution in [-0.2, 0) is 4.79 Å². The lowest BCUT2D eigenvalue weighted by Gasteiger charge is -2.35. The maximum absolute atomic E-state index is 12.6. The molecule has 2 amide bonds. The molecule has 3 rings (SSSR count). The fourth-order valence-electron chi connectivity index (χ4n) is 2.75. The van der Waals surface area contributed by atoms with Gasteiger partial charge in [0, 0.05) is 31.2 Å². The van der Waals surface area contributed by atoms with Crippen molar-refractivity contribution in [1.82, 2.24) is 9.80 Å². The average Bonchev–Trinajstić information content (AvgIpc) is 3.17. The number of rotatable bonds is 4. The second kappa shape index (κ2) is 8.01. The van der Waals surface area contributed by atoms with E-state index in [1.807, 2.05) is 0 Å². The van der Waals surface area contributed by atoms with Crippen LogP contribution >= 0.6 is 23.2 Å². The van der Waals surface area contributed by atoms with E-state index < -0.39 is 6.10 Å². The van der Waals surface area contributed by atoms with Gasteiger partial charge >= 0.3 is 0 Å². The predicted octanol–water partition coefficient (Wildman–Crippen LogP) is 3.34. The molecule has 1 aromatic heterocycles. The Balaban J connectivity index is 1.55. The second-order valence-corrected chi connectivity index (χ2v) is 6.77. The molecule has 2 aromatic rings. The summed E-state index contributed by atoms with van der Waals surface area (Å²) in [6.45, 7) is 3.44. The maximum atomic E-state index is 12.6. The van der Waals surface area contributed by atoms with E-state index in [4.69, 9.17) is 32.4 Å². The number of hydrogen-bond acceptors (Lipinski definition) is 4. The van der Waals surface area contributed by atoms with Gasteiger partial charge in [0.05, 0.1) is 11.3 Å². The zero-order valence-corrected chi connectivity index (χ0v) is 15.7. The minimum absolute atomic E-state index is 0.152. The number of carbonyl (C=O) groups excluding carboxylic acids is 2. The Morgan fingerprint density at radius 1 is 1.12 bits per heavy atom. The van der Waals surface area contributed by atoms with E-state index in [0.29, 0.717) is 47.7 Å². The third-order valence-corrected chi connectivity index (χ3v) is 4.69. The molecule has 6 nitrogen and oxygen atoms in total. The molecule has 0 bridgehead atoms. The monoisotopic (exact) mass is 396 g/mol. The summed E-state index contributed by atoms with van der Waals surface area (Å²) >= 11 is 11.9. The summed E-state index contributed by atoms with van der Waals surface area (Å²) in [6.07, 6.45) is 0.773. The van der Waals surface area contributed by atoms with E-state index in [9.17, 15) is 9.59 Å². The molecule has 138 valence electrons. The van der Waals surface area contributed by atoms with Crippen molar-refractivity contribution in [2.75, 3.05) is 26.2 Å². The van der Waals surface area contributed by atoms with Gasteiger partial charge < -0.3 is 19.0 Å². The van der Waals surface area contributed by atoms with Crippen LogP contribution in [0.2, 0.25) is 10.0 Å². The van der Waals surface area contributed by atoms with Crippen LogP contribution in [0.25, 0.3) is 0 Å². The molecule has 26 heavy (non-hydrogen) atoms. The zero-order valence-electron chi connectivity index (χ0n) is 14.2. The van der Waals surface area contributed by atoms with Gasteiger partial charge in [-0.25, -0.2) is 0 Å². The molecule has 2 heterocycles. The molecule has 8 heteroatoms. The molecule has 1 saturated heterocycles.